The fourth-order valence-electron chi connectivity index (χ4n) is 2.04. The van der Waals surface area contributed by atoms with Crippen molar-refractivity contribution in [1.82, 2.24) is 10.3 Å². The zero-order valence-corrected chi connectivity index (χ0v) is 10.7. The highest BCUT2D eigenvalue weighted by Crippen LogP contribution is 2.17. The van der Waals surface area contributed by atoms with E-state index in [1.165, 1.54) is 16.5 Å². The second-order valence-electron chi connectivity index (χ2n) is 5.03. The third-order valence-electron chi connectivity index (χ3n) is 2.94. The lowest BCUT2D eigenvalue weighted by Gasteiger charge is -2.25. The maximum Gasteiger partial charge on any atom is 0.0639 e. The van der Waals surface area contributed by atoms with Crippen LogP contribution in [0.2, 0.25) is 0 Å². The molecule has 0 spiro atoms. The molecule has 92 valence electrons. The van der Waals surface area contributed by atoms with Crippen molar-refractivity contribution in [2.75, 3.05) is 13.7 Å². The number of hydrogen-bond acceptors (Lipinski definition) is 2. The first-order valence-corrected chi connectivity index (χ1v) is 5.91. The molecular formula is C14H20N2O. The van der Waals surface area contributed by atoms with E-state index in [-0.39, 0.29) is 5.54 Å². The number of nitrogens with one attached hydrogen (secondary N) is 2. The minimum Gasteiger partial charge on any atom is -0.383 e. The molecule has 0 amide bonds. The molecule has 0 radical (unpaired) electrons. The summed E-state index contributed by atoms with van der Waals surface area (Å²) in [5, 5.41) is 4.77. The summed E-state index contributed by atoms with van der Waals surface area (Å²) < 4.78 is 5.20. The molecule has 3 heteroatoms. The van der Waals surface area contributed by atoms with E-state index in [1.807, 2.05) is 6.20 Å². The van der Waals surface area contributed by atoms with Crippen molar-refractivity contribution in [3.63, 3.8) is 0 Å². The summed E-state index contributed by atoms with van der Waals surface area (Å²) in [5.41, 5.74) is 2.49. The first-order chi connectivity index (χ1) is 8.12. The second-order valence-corrected chi connectivity index (χ2v) is 5.03. The van der Waals surface area contributed by atoms with Gasteiger partial charge in [0.2, 0.25) is 0 Å². The van der Waals surface area contributed by atoms with Gasteiger partial charge in [0.05, 0.1) is 6.61 Å². The highest BCUT2D eigenvalue weighted by Gasteiger charge is 2.16. The highest BCUT2D eigenvalue weighted by molar-refractivity contribution is 5.82. The SMILES string of the molecule is COCC(C)(C)NCc1cccc2cc[nH]c12. The summed E-state index contributed by atoms with van der Waals surface area (Å²) in [6.45, 7) is 5.83. The molecule has 2 N–H and O–H groups in total. The van der Waals surface area contributed by atoms with Crippen LogP contribution in [0.3, 0.4) is 0 Å². The van der Waals surface area contributed by atoms with Crippen LogP contribution in [0.15, 0.2) is 30.5 Å². The van der Waals surface area contributed by atoms with Gasteiger partial charge in [0.25, 0.3) is 0 Å². The molecule has 17 heavy (non-hydrogen) atoms. The Hall–Kier alpha value is -1.32. The van der Waals surface area contributed by atoms with Gasteiger partial charge in [-0.1, -0.05) is 18.2 Å². The first kappa shape index (κ1) is 12.1. The van der Waals surface area contributed by atoms with Crippen LogP contribution in [-0.2, 0) is 11.3 Å². The van der Waals surface area contributed by atoms with E-state index in [4.69, 9.17) is 4.74 Å². The van der Waals surface area contributed by atoms with Crippen LogP contribution in [0.4, 0.5) is 0 Å². The number of para-hydroxylation sites is 1. The predicted molar refractivity (Wildman–Crippen MR) is 71.1 cm³/mol. The van der Waals surface area contributed by atoms with Gasteiger partial charge < -0.3 is 15.0 Å². The van der Waals surface area contributed by atoms with Crippen molar-refractivity contribution in [3.05, 3.63) is 36.0 Å². The largest absolute Gasteiger partial charge is 0.383 e. The van der Waals surface area contributed by atoms with Gasteiger partial charge >= 0.3 is 0 Å². The molecule has 2 aromatic rings. The number of fused-ring (bicyclic) bond motifs is 1. The molecule has 0 aliphatic carbocycles. The Labute approximate surface area is 102 Å². The van der Waals surface area contributed by atoms with E-state index in [9.17, 15) is 0 Å². The molecule has 1 aromatic heterocycles. The smallest absolute Gasteiger partial charge is 0.0639 e. The molecule has 0 fully saturated rings. The van der Waals surface area contributed by atoms with E-state index in [0.717, 1.165) is 6.54 Å². The molecule has 0 aliphatic heterocycles. The Morgan fingerprint density at radius 2 is 2.12 bits per heavy atom. The maximum absolute atomic E-state index is 5.20. The van der Waals surface area contributed by atoms with Crippen LogP contribution in [0, 0.1) is 0 Å². The van der Waals surface area contributed by atoms with Crippen LogP contribution >= 0.6 is 0 Å². The third kappa shape index (κ3) is 2.87. The predicted octanol–water partition coefficient (Wildman–Crippen LogP) is 2.68. The number of hydrogen-bond donors (Lipinski definition) is 2. The zero-order chi connectivity index (χ0) is 12.3. The van der Waals surface area contributed by atoms with Gasteiger partial charge in [-0.2, -0.15) is 0 Å². The van der Waals surface area contributed by atoms with E-state index in [1.54, 1.807) is 7.11 Å². The summed E-state index contributed by atoms with van der Waals surface area (Å²) in [4.78, 5) is 3.29. The van der Waals surface area contributed by atoms with Gasteiger partial charge in [-0.3, -0.25) is 0 Å². The van der Waals surface area contributed by atoms with E-state index >= 15 is 0 Å². The van der Waals surface area contributed by atoms with Gasteiger partial charge in [-0.05, 0) is 30.9 Å². The van der Waals surface area contributed by atoms with E-state index in [0.29, 0.717) is 6.61 Å². The monoisotopic (exact) mass is 232 g/mol. The Kier molecular flexibility index (Phi) is 3.50. The number of rotatable bonds is 5. The van der Waals surface area contributed by atoms with Crippen molar-refractivity contribution in [3.8, 4) is 0 Å². The average Bonchev–Trinajstić information content (AvgIpc) is 2.74. The summed E-state index contributed by atoms with van der Waals surface area (Å²) in [6.07, 6.45) is 1.98. The normalized spacial score (nSPS) is 12.2. The first-order valence-electron chi connectivity index (χ1n) is 5.91. The van der Waals surface area contributed by atoms with Gasteiger partial charge in [0, 0.05) is 30.9 Å². The number of benzene rings is 1. The van der Waals surface area contributed by atoms with Crippen LogP contribution < -0.4 is 5.32 Å². The van der Waals surface area contributed by atoms with Crippen molar-refractivity contribution >= 4 is 10.9 Å². The lowest BCUT2D eigenvalue weighted by molar-refractivity contribution is 0.128. The Bertz CT molecular complexity index is 488. The van der Waals surface area contributed by atoms with Crippen LogP contribution in [0.5, 0.6) is 0 Å². The number of ether oxygens (including phenoxy) is 1. The minimum atomic E-state index is -0.0104. The quantitative estimate of drug-likeness (QED) is 0.831. The Balaban J connectivity index is 2.11. The van der Waals surface area contributed by atoms with E-state index in [2.05, 4.69) is 48.4 Å². The minimum absolute atomic E-state index is 0.0104. The second kappa shape index (κ2) is 4.90. The van der Waals surface area contributed by atoms with Crippen LogP contribution in [0.25, 0.3) is 10.9 Å². The topological polar surface area (TPSA) is 37.0 Å². The lowest BCUT2D eigenvalue weighted by atomic mass is 10.1. The highest BCUT2D eigenvalue weighted by atomic mass is 16.5. The van der Waals surface area contributed by atoms with Crippen LogP contribution in [-0.4, -0.2) is 24.2 Å². The van der Waals surface area contributed by atoms with Crippen LogP contribution in [0.1, 0.15) is 19.4 Å². The summed E-state index contributed by atoms with van der Waals surface area (Å²) in [6, 6.07) is 8.46. The molecule has 0 bridgehead atoms. The molecule has 0 atom stereocenters. The molecule has 0 saturated carbocycles. The van der Waals surface area contributed by atoms with Crippen molar-refractivity contribution in [2.45, 2.75) is 25.9 Å². The molecule has 1 aromatic carbocycles. The summed E-state index contributed by atoms with van der Waals surface area (Å²) in [5.74, 6) is 0. The number of methoxy groups -OCH3 is 1. The van der Waals surface area contributed by atoms with Gasteiger partial charge in [-0.15, -0.1) is 0 Å². The molecule has 2 rings (SSSR count). The van der Waals surface area contributed by atoms with Gasteiger partial charge in [-0.25, -0.2) is 0 Å². The standard InChI is InChI=1S/C14H20N2O/c1-14(2,10-17-3)16-9-12-6-4-5-11-7-8-15-13(11)12/h4-8,15-16H,9-10H2,1-3H3. The number of aromatic nitrogens is 1. The zero-order valence-electron chi connectivity index (χ0n) is 10.7. The number of H-pyrrole nitrogens is 1. The molecule has 3 nitrogen and oxygen atoms in total. The Morgan fingerprint density at radius 1 is 1.29 bits per heavy atom. The average molecular weight is 232 g/mol. The van der Waals surface area contributed by atoms with Crippen molar-refractivity contribution in [1.29, 1.82) is 0 Å². The molecule has 0 aliphatic rings. The maximum atomic E-state index is 5.20. The van der Waals surface area contributed by atoms with Gasteiger partial charge in [0.15, 0.2) is 0 Å². The number of aromatic amines is 1. The fourth-order valence-corrected chi connectivity index (χ4v) is 2.04. The third-order valence-corrected chi connectivity index (χ3v) is 2.94. The Morgan fingerprint density at radius 3 is 2.88 bits per heavy atom. The molecule has 0 saturated heterocycles. The summed E-state index contributed by atoms with van der Waals surface area (Å²) in [7, 11) is 1.73. The van der Waals surface area contributed by atoms with E-state index < -0.39 is 0 Å². The molecule has 1 heterocycles. The van der Waals surface area contributed by atoms with Crippen molar-refractivity contribution < 1.29 is 4.74 Å². The summed E-state index contributed by atoms with van der Waals surface area (Å²) >= 11 is 0. The fraction of sp³-hybridized carbons (Fsp3) is 0.429. The van der Waals surface area contributed by atoms with Crippen molar-refractivity contribution in [2.24, 2.45) is 0 Å². The van der Waals surface area contributed by atoms with Gasteiger partial charge in [0.1, 0.15) is 0 Å². The molecule has 0 unspecified atom stereocenters. The molecular weight excluding hydrogens is 212 g/mol. The lowest BCUT2D eigenvalue weighted by Crippen LogP contribution is -2.42.